The van der Waals surface area contributed by atoms with Gasteiger partial charge in [0.2, 0.25) is 5.82 Å². The third-order valence-electron chi connectivity index (χ3n) is 2.67. The molecular formula is C12H9N7. The van der Waals surface area contributed by atoms with E-state index in [-0.39, 0.29) is 0 Å². The van der Waals surface area contributed by atoms with Gasteiger partial charge < -0.3 is 0 Å². The van der Waals surface area contributed by atoms with Crippen LogP contribution < -0.4 is 0 Å². The highest BCUT2D eigenvalue weighted by Gasteiger charge is 2.10. The molecule has 0 bridgehead atoms. The lowest BCUT2D eigenvalue weighted by atomic mass is 10.2. The molecule has 0 fully saturated rings. The lowest BCUT2D eigenvalue weighted by Gasteiger charge is -1.98. The average Bonchev–Trinajstić information content (AvgIpc) is 3.07. The molecule has 0 spiro atoms. The van der Waals surface area contributed by atoms with E-state index in [4.69, 9.17) is 5.26 Å². The number of aromatic nitrogens is 6. The summed E-state index contributed by atoms with van der Waals surface area (Å²) in [5, 5.41) is 25.2. The van der Waals surface area contributed by atoms with E-state index >= 15 is 0 Å². The van der Waals surface area contributed by atoms with E-state index in [2.05, 4.69) is 26.6 Å². The molecule has 0 unspecified atom stereocenters. The van der Waals surface area contributed by atoms with Gasteiger partial charge in [0.1, 0.15) is 5.69 Å². The number of nitrogens with zero attached hydrogens (tertiary/aromatic N) is 7. The molecule has 0 N–H and O–H groups in total. The number of hydrogen-bond donors (Lipinski definition) is 0. The fourth-order valence-corrected chi connectivity index (χ4v) is 1.72. The van der Waals surface area contributed by atoms with Gasteiger partial charge in [0.05, 0.1) is 17.3 Å². The summed E-state index contributed by atoms with van der Waals surface area (Å²) in [4.78, 5) is 1.39. The van der Waals surface area contributed by atoms with Crippen molar-refractivity contribution in [1.82, 2.24) is 30.0 Å². The van der Waals surface area contributed by atoms with Gasteiger partial charge in [-0.1, -0.05) is 6.07 Å². The highest BCUT2D eigenvalue weighted by Crippen LogP contribution is 2.13. The van der Waals surface area contributed by atoms with E-state index in [1.165, 1.54) is 4.80 Å². The molecule has 7 nitrogen and oxygen atoms in total. The van der Waals surface area contributed by atoms with Crippen molar-refractivity contribution < 1.29 is 0 Å². The zero-order chi connectivity index (χ0) is 13.2. The monoisotopic (exact) mass is 251 g/mol. The topological polar surface area (TPSA) is 85.2 Å². The minimum Gasteiger partial charge on any atom is -0.265 e. The Morgan fingerprint density at radius 3 is 2.89 bits per heavy atom. The van der Waals surface area contributed by atoms with Gasteiger partial charge in [-0.2, -0.15) is 10.4 Å². The molecule has 2 aromatic heterocycles. The molecule has 19 heavy (non-hydrogen) atoms. The number of aryl methyl sites for hydroxylation is 1. The molecule has 3 rings (SSSR count). The third-order valence-corrected chi connectivity index (χ3v) is 2.67. The first-order valence-electron chi connectivity index (χ1n) is 5.57. The lowest BCUT2D eigenvalue weighted by Crippen LogP contribution is -2.00. The van der Waals surface area contributed by atoms with Crippen LogP contribution in [0.25, 0.3) is 17.2 Å². The summed E-state index contributed by atoms with van der Waals surface area (Å²) in [5.41, 5.74) is 2.03. The standard InChI is InChI=1S/C12H9N7/c1-18-11(5-6-14-18)12-15-17-19(16-12)10-4-2-3-9(7-10)8-13/h2-7H,1H3. The molecule has 7 heteroatoms. The first kappa shape index (κ1) is 11.1. The Kier molecular flexibility index (Phi) is 2.54. The fourth-order valence-electron chi connectivity index (χ4n) is 1.72. The molecule has 2 heterocycles. The van der Waals surface area contributed by atoms with E-state index < -0.39 is 0 Å². The van der Waals surface area contributed by atoms with Crippen LogP contribution in [0.3, 0.4) is 0 Å². The molecule has 0 saturated heterocycles. The molecule has 3 aromatic rings. The van der Waals surface area contributed by atoms with Gasteiger partial charge in [-0.05, 0) is 29.5 Å². The molecular weight excluding hydrogens is 242 g/mol. The van der Waals surface area contributed by atoms with Crippen LogP contribution in [-0.2, 0) is 7.05 Å². The minimum absolute atomic E-state index is 0.488. The second-order valence-corrected chi connectivity index (χ2v) is 3.90. The van der Waals surface area contributed by atoms with E-state index in [1.807, 2.05) is 19.2 Å². The van der Waals surface area contributed by atoms with Gasteiger partial charge in [-0.15, -0.1) is 15.0 Å². The van der Waals surface area contributed by atoms with Crippen LogP contribution in [0, 0.1) is 11.3 Å². The van der Waals surface area contributed by atoms with Crippen molar-refractivity contribution in [3.05, 3.63) is 42.1 Å². The van der Waals surface area contributed by atoms with Crippen LogP contribution >= 0.6 is 0 Å². The Morgan fingerprint density at radius 1 is 1.26 bits per heavy atom. The quantitative estimate of drug-likeness (QED) is 0.676. The van der Waals surface area contributed by atoms with Crippen LogP contribution in [0.2, 0.25) is 0 Å². The zero-order valence-corrected chi connectivity index (χ0v) is 10.1. The molecule has 0 saturated carbocycles. The fraction of sp³-hybridized carbons (Fsp3) is 0.0833. The van der Waals surface area contributed by atoms with Gasteiger partial charge in [0.25, 0.3) is 0 Å². The number of tetrazole rings is 1. The van der Waals surface area contributed by atoms with Gasteiger partial charge in [0.15, 0.2) is 0 Å². The van der Waals surface area contributed by atoms with Crippen LogP contribution in [-0.4, -0.2) is 30.0 Å². The Labute approximate surface area is 108 Å². The summed E-state index contributed by atoms with van der Waals surface area (Å²) < 4.78 is 1.67. The molecule has 0 aliphatic heterocycles. The highest BCUT2D eigenvalue weighted by molar-refractivity contribution is 5.48. The summed E-state index contributed by atoms with van der Waals surface area (Å²) in [6.07, 6.45) is 1.67. The third kappa shape index (κ3) is 1.95. The smallest absolute Gasteiger partial charge is 0.223 e. The summed E-state index contributed by atoms with van der Waals surface area (Å²) in [5.74, 6) is 0.488. The largest absolute Gasteiger partial charge is 0.265 e. The first-order valence-corrected chi connectivity index (χ1v) is 5.57. The van der Waals surface area contributed by atoms with E-state index in [0.717, 1.165) is 5.69 Å². The van der Waals surface area contributed by atoms with Crippen molar-refractivity contribution in [2.24, 2.45) is 7.05 Å². The number of rotatable bonds is 2. The van der Waals surface area contributed by atoms with Gasteiger partial charge in [-0.25, -0.2) is 0 Å². The van der Waals surface area contributed by atoms with Crippen molar-refractivity contribution in [2.45, 2.75) is 0 Å². The maximum absolute atomic E-state index is 8.87. The summed E-state index contributed by atoms with van der Waals surface area (Å²) in [7, 11) is 1.81. The van der Waals surface area contributed by atoms with Gasteiger partial charge >= 0.3 is 0 Å². The molecule has 0 aliphatic carbocycles. The number of hydrogen-bond acceptors (Lipinski definition) is 5. The Balaban J connectivity index is 2.02. The Bertz CT molecular complexity index is 762. The maximum Gasteiger partial charge on any atom is 0.223 e. The minimum atomic E-state index is 0.488. The Hall–Kier alpha value is -3.01. The summed E-state index contributed by atoms with van der Waals surface area (Å²) in [6.45, 7) is 0. The van der Waals surface area contributed by atoms with Crippen LogP contribution in [0.15, 0.2) is 36.5 Å². The van der Waals surface area contributed by atoms with Gasteiger partial charge in [0, 0.05) is 13.2 Å². The van der Waals surface area contributed by atoms with E-state index in [1.54, 1.807) is 29.1 Å². The highest BCUT2D eigenvalue weighted by atomic mass is 15.6. The van der Waals surface area contributed by atoms with E-state index in [0.29, 0.717) is 17.1 Å². The van der Waals surface area contributed by atoms with Crippen LogP contribution in [0.5, 0.6) is 0 Å². The molecule has 0 atom stereocenters. The predicted octanol–water partition coefficient (Wildman–Crippen LogP) is 0.934. The number of nitriles is 1. The normalized spacial score (nSPS) is 10.3. The van der Waals surface area contributed by atoms with Crippen molar-refractivity contribution in [3.63, 3.8) is 0 Å². The first-order chi connectivity index (χ1) is 9.28. The van der Waals surface area contributed by atoms with Crippen molar-refractivity contribution in [2.75, 3.05) is 0 Å². The molecule has 92 valence electrons. The SMILES string of the molecule is Cn1nccc1-c1nnn(-c2cccc(C#N)c2)n1. The predicted molar refractivity (Wildman–Crippen MR) is 66.1 cm³/mol. The lowest BCUT2D eigenvalue weighted by molar-refractivity contribution is 0.719. The van der Waals surface area contributed by atoms with Crippen LogP contribution in [0.1, 0.15) is 5.56 Å². The van der Waals surface area contributed by atoms with Crippen molar-refractivity contribution >= 4 is 0 Å². The summed E-state index contributed by atoms with van der Waals surface area (Å²) >= 11 is 0. The van der Waals surface area contributed by atoms with Gasteiger partial charge in [-0.3, -0.25) is 4.68 Å². The van der Waals surface area contributed by atoms with E-state index in [9.17, 15) is 0 Å². The Morgan fingerprint density at radius 2 is 2.16 bits per heavy atom. The summed E-state index contributed by atoms with van der Waals surface area (Å²) in [6, 6.07) is 10.9. The van der Waals surface area contributed by atoms with Crippen molar-refractivity contribution in [1.29, 1.82) is 5.26 Å². The molecule has 0 aliphatic rings. The van der Waals surface area contributed by atoms with Crippen LogP contribution in [0.4, 0.5) is 0 Å². The average molecular weight is 251 g/mol. The second kappa shape index (κ2) is 4.34. The number of benzene rings is 1. The molecule has 1 aromatic carbocycles. The second-order valence-electron chi connectivity index (χ2n) is 3.90. The maximum atomic E-state index is 8.87. The zero-order valence-electron chi connectivity index (χ0n) is 10.1. The molecule has 0 radical (unpaired) electrons. The molecule has 0 amide bonds. The van der Waals surface area contributed by atoms with Crippen molar-refractivity contribution in [3.8, 4) is 23.3 Å².